The number of carbonyl (C=O) groups excluding carboxylic acids is 1. The van der Waals surface area contributed by atoms with Crippen molar-refractivity contribution < 1.29 is 23.0 Å². The van der Waals surface area contributed by atoms with Crippen LogP contribution in [0.5, 0.6) is 5.75 Å². The summed E-state index contributed by atoms with van der Waals surface area (Å²) in [5.41, 5.74) is 6.26. The molecule has 4 N–H and O–H groups in total. The van der Waals surface area contributed by atoms with Crippen LogP contribution in [-0.2, 0) is 16.1 Å². The molecule has 1 atom stereocenters. The van der Waals surface area contributed by atoms with E-state index in [2.05, 4.69) is 10.2 Å². The van der Waals surface area contributed by atoms with E-state index in [0.29, 0.717) is 12.1 Å². The number of nitrogens with one attached hydrogen (secondary N) is 2. The van der Waals surface area contributed by atoms with Gasteiger partial charge in [-0.25, -0.2) is 8.78 Å². The molecule has 2 aromatic carbocycles. The molecule has 1 saturated heterocycles. The molecule has 33 heavy (non-hydrogen) atoms. The van der Waals surface area contributed by atoms with E-state index in [1.807, 2.05) is 0 Å². The molecule has 0 bridgehead atoms. The lowest BCUT2D eigenvalue weighted by Crippen LogP contribution is -2.32. The third kappa shape index (κ3) is 6.49. The molecule has 9 heteroatoms. The number of likely N-dealkylation sites (tertiary alicyclic amines) is 1. The van der Waals surface area contributed by atoms with E-state index in [4.69, 9.17) is 20.6 Å². The maximum absolute atomic E-state index is 15.2. The van der Waals surface area contributed by atoms with Gasteiger partial charge >= 0.3 is 0 Å². The predicted octanol–water partition coefficient (Wildman–Crippen LogP) is 3.12. The highest BCUT2D eigenvalue weighted by Gasteiger charge is 2.29. The van der Waals surface area contributed by atoms with Crippen LogP contribution in [0.3, 0.4) is 0 Å². The van der Waals surface area contributed by atoms with E-state index in [0.717, 1.165) is 37.6 Å². The largest absolute Gasteiger partial charge is 0.489 e. The van der Waals surface area contributed by atoms with Gasteiger partial charge in [-0.05, 0) is 50.6 Å². The molecule has 2 aromatic rings. The highest BCUT2D eigenvalue weighted by molar-refractivity contribution is 5.94. The first-order chi connectivity index (χ1) is 15.9. The summed E-state index contributed by atoms with van der Waals surface area (Å²) in [6, 6.07) is 9.06. The number of benzene rings is 2. The normalized spacial score (nSPS) is 14.8. The summed E-state index contributed by atoms with van der Waals surface area (Å²) in [7, 11) is 0. The highest BCUT2D eigenvalue weighted by Crippen LogP contribution is 2.30. The lowest BCUT2D eigenvalue weighted by atomic mass is 10.1. The fraction of sp³-hybridized carbons (Fsp3) is 0.417. The average molecular weight is 461 g/mol. The Balaban J connectivity index is 1.69. The third-order valence-electron chi connectivity index (χ3n) is 5.52. The summed E-state index contributed by atoms with van der Waals surface area (Å²) in [6.45, 7) is 4.76. The van der Waals surface area contributed by atoms with E-state index in [9.17, 15) is 9.18 Å². The molecule has 0 radical (unpaired) electrons. The Morgan fingerprint density at radius 3 is 2.52 bits per heavy atom. The zero-order chi connectivity index (χ0) is 23.8. The molecule has 0 aromatic heterocycles. The van der Waals surface area contributed by atoms with Crippen LogP contribution < -0.4 is 15.8 Å². The Morgan fingerprint density at radius 1 is 1.18 bits per heavy atom. The van der Waals surface area contributed by atoms with Gasteiger partial charge in [0.05, 0.1) is 5.56 Å². The summed E-state index contributed by atoms with van der Waals surface area (Å²) in [4.78, 5) is 15.0. The molecule has 3 rings (SSSR count). The van der Waals surface area contributed by atoms with Gasteiger partial charge in [-0.1, -0.05) is 24.3 Å². The van der Waals surface area contributed by atoms with E-state index in [1.165, 1.54) is 6.07 Å². The molecule has 178 valence electrons. The van der Waals surface area contributed by atoms with Crippen molar-refractivity contribution in [1.29, 1.82) is 5.41 Å². The summed E-state index contributed by atoms with van der Waals surface area (Å²) in [5.74, 6) is -2.65. The van der Waals surface area contributed by atoms with Gasteiger partial charge in [0.15, 0.2) is 17.7 Å². The Bertz CT molecular complexity index is 963. The zero-order valence-electron chi connectivity index (χ0n) is 18.7. The second kappa shape index (κ2) is 11.7. The van der Waals surface area contributed by atoms with E-state index >= 15 is 4.39 Å². The minimum absolute atomic E-state index is 0.0597. The van der Waals surface area contributed by atoms with Gasteiger partial charge in [0, 0.05) is 25.3 Å². The Hall–Kier alpha value is -3.04. The van der Waals surface area contributed by atoms with Crippen molar-refractivity contribution in [3.63, 3.8) is 0 Å². The fourth-order valence-corrected chi connectivity index (χ4v) is 3.73. The molecule has 7 nitrogen and oxygen atoms in total. The van der Waals surface area contributed by atoms with Crippen LogP contribution >= 0.6 is 0 Å². The monoisotopic (exact) mass is 460 g/mol. The number of nitrogens with zero attached hydrogens (tertiary/aromatic N) is 1. The van der Waals surface area contributed by atoms with Gasteiger partial charge in [0.2, 0.25) is 0 Å². The van der Waals surface area contributed by atoms with Gasteiger partial charge in [0.1, 0.15) is 18.3 Å². The quantitative estimate of drug-likeness (QED) is 0.353. The van der Waals surface area contributed by atoms with Crippen LogP contribution in [0.2, 0.25) is 0 Å². The number of hydrogen-bond acceptors (Lipinski definition) is 5. The van der Waals surface area contributed by atoms with Gasteiger partial charge in [-0.3, -0.25) is 15.1 Å². The maximum atomic E-state index is 15.2. The summed E-state index contributed by atoms with van der Waals surface area (Å²) in [6.07, 6.45) is 0.816. The number of carbonyl (C=O) groups is 1. The number of rotatable bonds is 11. The number of amides is 1. The molecule has 1 heterocycles. The minimum Gasteiger partial charge on any atom is -0.489 e. The first-order valence-corrected chi connectivity index (χ1v) is 11.1. The molecule has 1 aliphatic rings. The number of halogens is 2. The standard InChI is InChI=1S/C24H30F2N4O3/c1-2-32-22(24(31)29-15-16-5-7-17(8-6-16)23(27)28)20-18(25)9-10-19(21(20)26)33-14-13-30-11-3-4-12-30/h5-10,22H,2-4,11-15H2,1H3,(H3,27,28)(H,29,31). The SMILES string of the molecule is CCOC(C(=O)NCc1ccc(C(=N)N)cc1)c1c(F)ccc(OCCN2CCCC2)c1F. The van der Waals surface area contributed by atoms with E-state index < -0.39 is 29.2 Å². The van der Waals surface area contributed by atoms with Crippen LogP contribution in [0.25, 0.3) is 0 Å². The van der Waals surface area contributed by atoms with Crippen molar-refractivity contribution in [2.75, 3.05) is 32.8 Å². The van der Waals surface area contributed by atoms with Crippen molar-refractivity contribution in [2.45, 2.75) is 32.4 Å². The highest BCUT2D eigenvalue weighted by atomic mass is 19.1. The van der Waals surface area contributed by atoms with E-state index in [-0.39, 0.29) is 31.3 Å². The molecule has 1 fully saturated rings. The minimum atomic E-state index is -1.46. The van der Waals surface area contributed by atoms with Gasteiger partial charge < -0.3 is 20.5 Å². The van der Waals surface area contributed by atoms with Crippen molar-refractivity contribution in [3.05, 3.63) is 64.7 Å². The molecular formula is C24H30F2N4O3. The number of nitrogens with two attached hydrogens (primary N) is 1. The number of hydrogen-bond donors (Lipinski definition) is 3. The number of ether oxygens (including phenoxy) is 2. The Labute approximate surface area is 192 Å². The summed E-state index contributed by atoms with van der Waals surface area (Å²) in [5, 5.41) is 10.1. The van der Waals surface area contributed by atoms with Crippen molar-refractivity contribution in [1.82, 2.24) is 10.2 Å². The van der Waals surface area contributed by atoms with Gasteiger partial charge in [-0.2, -0.15) is 0 Å². The summed E-state index contributed by atoms with van der Waals surface area (Å²) < 4.78 is 40.8. The van der Waals surface area contributed by atoms with Crippen molar-refractivity contribution in [3.8, 4) is 5.75 Å². The average Bonchev–Trinajstić information content (AvgIpc) is 3.32. The predicted molar refractivity (Wildman–Crippen MR) is 121 cm³/mol. The second-order valence-corrected chi connectivity index (χ2v) is 7.83. The maximum Gasteiger partial charge on any atom is 0.254 e. The lowest BCUT2D eigenvalue weighted by Gasteiger charge is -2.20. The molecule has 1 amide bonds. The van der Waals surface area contributed by atoms with Gasteiger partial charge in [-0.15, -0.1) is 0 Å². The van der Waals surface area contributed by atoms with Crippen LogP contribution in [0.4, 0.5) is 8.78 Å². The van der Waals surface area contributed by atoms with E-state index in [1.54, 1.807) is 31.2 Å². The Kier molecular flexibility index (Phi) is 8.73. The second-order valence-electron chi connectivity index (χ2n) is 7.83. The van der Waals surface area contributed by atoms with Gasteiger partial charge in [0.25, 0.3) is 5.91 Å². The van der Waals surface area contributed by atoms with Crippen molar-refractivity contribution in [2.24, 2.45) is 5.73 Å². The molecule has 1 unspecified atom stereocenters. The number of amidine groups is 1. The molecule has 0 aliphatic carbocycles. The Morgan fingerprint density at radius 2 is 1.88 bits per heavy atom. The first-order valence-electron chi connectivity index (χ1n) is 11.1. The van der Waals surface area contributed by atoms with Crippen LogP contribution in [0, 0.1) is 17.0 Å². The van der Waals surface area contributed by atoms with Crippen LogP contribution in [0.1, 0.15) is 42.6 Å². The molecular weight excluding hydrogens is 430 g/mol. The molecule has 0 spiro atoms. The lowest BCUT2D eigenvalue weighted by molar-refractivity contribution is -0.133. The first kappa shape index (κ1) is 24.6. The number of nitrogen functional groups attached to an aromatic ring is 1. The smallest absolute Gasteiger partial charge is 0.254 e. The van der Waals surface area contributed by atoms with Crippen LogP contribution in [0.15, 0.2) is 36.4 Å². The van der Waals surface area contributed by atoms with Crippen LogP contribution in [-0.4, -0.2) is 49.5 Å². The molecule has 0 saturated carbocycles. The fourth-order valence-electron chi connectivity index (χ4n) is 3.73. The summed E-state index contributed by atoms with van der Waals surface area (Å²) >= 11 is 0. The zero-order valence-corrected chi connectivity index (χ0v) is 18.7. The van der Waals surface area contributed by atoms with Crippen molar-refractivity contribution >= 4 is 11.7 Å². The third-order valence-corrected chi connectivity index (χ3v) is 5.52. The topological polar surface area (TPSA) is 101 Å². The molecule has 1 aliphatic heterocycles.